The van der Waals surface area contributed by atoms with Crippen molar-refractivity contribution in [2.24, 2.45) is 0 Å². The van der Waals surface area contributed by atoms with E-state index in [9.17, 15) is 9.59 Å². The predicted molar refractivity (Wildman–Crippen MR) is 73.1 cm³/mol. The summed E-state index contributed by atoms with van der Waals surface area (Å²) in [5.74, 6) is -3.14. The number of halogens is 3. The largest absolute Gasteiger partial charge is 0.501 e. The molecule has 0 saturated heterocycles. The lowest BCUT2D eigenvalue weighted by atomic mass is 10.1. The van der Waals surface area contributed by atoms with Gasteiger partial charge in [-0.1, -0.05) is 34.8 Å². The molecule has 1 aromatic rings. The number of aliphatic hydroxyl groups is 1. The van der Waals surface area contributed by atoms with Gasteiger partial charge in [0.2, 0.25) is 5.76 Å². The van der Waals surface area contributed by atoms with Gasteiger partial charge in [0.1, 0.15) is 0 Å². The van der Waals surface area contributed by atoms with E-state index in [1.54, 1.807) is 0 Å². The zero-order chi connectivity index (χ0) is 14.6. The van der Waals surface area contributed by atoms with Crippen molar-refractivity contribution in [3.63, 3.8) is 0 Å². The van der Waals surface area contributed by atoms with Crippen LogP contribution in [0, 0.1) is 0 Å². The number of carbonyl (C=O) groups excluding carboxylic acids is 1. The Bertz CT molecular complexity index is 591. The smallest absolute Gasteiger partial charge is 0.372 e. The van der Waals surface area contributed by atoms with Gasteiger partial charge in [-0.2, -0.15) is 0 Å². The molecule has 1 rings (SSSR count). The Morgan fingerprint density at radius 3 is 2.26 bits per heavy atom. The Kier molecular flexibility index (Phi) is 5.42. The van der Waals surface area contributed by atoms with E-state index >= 15 is 0 Å². The first kappa shape index (κ1) is 15.6. The summed E-state index contributed by atoms with van der Waals surface area (Å²) in [6.07, 6.45) is 1.97. The van der Waals surface area contributed by atoms with E-state index in [1.807, 2.05) is 0 Å². The van der Waals surface area contributed by atoms with Crippen LogP contribution in [-0.2, 0) is 4.79 Å². The highest BCUT2D eigenvalue weighted by atomic mass is 35.5. The van der Waals surface area contributed by atoms with Gasteiger partial charge in [0, 0.05) is 10.6 Å². The summed E-state index contributed by atoms with van der Waals surface area (Å²) in [5, 5.41) is 17.5. The summed E-state index contributed by atoms with van der Waals surface area (Å²) in [4.78, 5) is 22.1. The zero-order valence-electron chi connectivity index (χ0n) is 9.23. The lowest BCUT2D eigenvalue weighted by molar-refractivity contribution is -0.135. The summed E-state index contributed by atoms with van der Waals surface area (Å²) in [7, 11) is 0. The average molecular weight is 322 g/mol. The number of carboxylic acid groups (broad SMARTS) is 1. The predicted octanol–water partition coefficient (Wildman–Crippen LogP) is 3.83. The number of carboxylic acids is 1. The van der Waals surface area contributed by atoms with Crippen LogP contribution in [-0.4, -0.2) is 22.0 Å². The minimum atomic E-state index is -1.59. The van der Waals surface area contributed by atoms with Crippen molar-refractivity contribution in [2.75, 3.05) is 0 Å². The van der Waals surface area contributed by atoms with E-state index in [4.69, 9.17) is 45.0 Å². The summed E-state index contributed by atoms with van der Waals surface area (Å²) in [6.45, 7) is 0. The van der Waals surface area contributed by atoms with Crippen LogP contribution >= 0.6 is 34.8 Å². The van der Waals surface area contributed by atoms with Crippen molar-refractivity contribution >= 4 is 46.6 Å². The maximum absolute atomic E-state index is 11.7. The molecule has 19 heavy (non-hydrogen) atoms. The number of ketones is 1. The molecule has 0 unspecified atom stereocenters. The fraction of sp³-hybridized carbons (Fsp3) is 0. The number of hydrogen-bond donors (Lipinski definition) is 2. The fourth-order valence-corrected chi connectivity index (χ4v) is 1.75. The maximum atomic E-state index is 11.7. The summed E-state index contributed by atoms with van der Waals surface area (Å²) in [6, 6.07) is 4.31. The van der Waals surface area contributed by atoms with E-state index in [-0.39, 0.29) is 10.6 Å². The first-order chi connectivity index (χ1) is 8.82. The Morgan fingerprint density at radius 1 is 1.11 bits per heavy atom. The van der Waals surface area contributed by atoms with Gasteiger partial charge >= 0.3 is 5.97 Å². The second-order valence-corrected chi connectivity index (χ2v) is 4.57. The van der Waals surface area contributed by atoms with Gasteiger partial charge < -0.3 is 10.2 Å². The van der Waals surface area contributed by atoms with Crippen LogP contribution in [0.15, 0.2) is 41.1 Å². The van der Waals surface area contributed by atoms with Crippen LogP contribution in [0.1, 0.15) is 10.4 Å². The molecule has 0 amide bonds. The highest BCUT2D eigenvalue weighted by molar-refractivity contribution is 6.37. The monoisotopic (exact) mass is 320 g/mol. The third-order valence-corrected chi connectivity index (χ3v) is 2.86. The van der Waals surface area contributed by atoms with Crippen LogP contribution in [0.2, 0.25) is 10.0 Å². The number of carbonyl (C=O) groups is 2. The summed E-state index contributed by atoms with van der Waals surface area (Å²) < 4.78 is 0. The number of aliphatic carboxylic acids is 1. The van der Waals surface area contributed by atoms with Gasteiger partial charge in [-0.05, 0) is 30.4 Å². The Hall–Kier alpha value is -1.49. The molecule has 1 aromatic carbocycles. The normalized spacial score (nSPS) is 12.4. The van der Waals surface area contributed by atoms with E-state index in [2.05, 4.69) is 0 Å². The van der Waals surface area contributed by atoms with Crippen LogP contribution in [0.3, 0.4) is 0 Å². The molecule has 0 fully saturated rings. The van der Waals surface area contributed by atoms with Gasteiger partial charge in [0.05, 0.1) is 10.1 Å². The molecule has 0 radical (unpaired) electrons. The molecular weight excluding hydrogens is 314 g/mol. The molecule has 100 valence electrons. The van der Waals surface area contributed by atoms with Crippen molar-refractivity contribution in [1.82, 2.24) is 0 Å². The number of hydrogen-bond acceptors (Lipinski definition) is 3. The SMILES string of the molecule is O=C(O)C(O)=C(Cl)C=CC(=O)c1ccc(Cl)cc1Cl. The average Bonchev–Trinajstić information content (AvgIpc) is 2.34. The first-order valence-electron chi connectivity index (χ1n) is 4.82. The first-order valence-corrected chi connectivity index (χ1v) is 5.96. The van der Waals surface area contributed by atoms with Gasteiger partial charge in [-0.15, -0.1) is 0 Å². The molecule has 0 saturated carbocycles. The molecule has 2 N–H and O–H groups in total. The highest BCUT2D eigenvalue weighted by Gasteiger charge is 2.11. The van der Waals surface area contributed by atoms with Gasteiger partial charge in [-0.25, -0.2) is 4.79 Å². The van der Waals surface area contributed by atoms with Crippen molar-refractivity contribution in [2.45, 2.75) is 0 Å². The second-order valence-electron chi connectivity index (χ2n) is 3.32. The lowest BCUT2D eigenvalue weighted by Crippen LogP contribution is -2.01. The summed E-state index contributed by atoms with van der Waals surface area (Å²) >= 11 is 17.0. The van der Waals surface area contributed by atoms with Crippen LogP contribution in [0.4, 0.5) is 0 Å². The lowest BCUT2D eigenvalue weighted by Gasteiger charge is -2.00. The molecule has 0 aliphatic rings. The van der Waals surface area contributed by atoms with Gasteiger partial charge in [0.15, 0.2) is 5.78 Å². The Morgan fingerprint density at radius 2 is 1.74 bits per heavy atom. The quantitative estimate of drug-likeness (QED) is 0.382. The van der Waals surface area contributed by atoms with Gasteiger partial charge in [0.25, 0.3) is 0 Å². The summed E-state index contributed by atoms with van der Waals surface area (Å²) in [5.41, 5.74) is 0.182. The van der Waals surface area contributed by atoms with Crippen LogP contribution in [0.25, 0.3) is 0 Å². The van der Waals surface area contributed by atoms with E-state index in [0.29, 0.717) is 5.02 Å². The Labute approximate surface area is 123 Å². The van der Waals surface area contributed by atoms with E-state index in [0.717, 1.165) is 12.2 Å². The van der Waals surface area contributed by atoms with Crippen molar-refractivity contribution < 1.29 is 19.8 Å². The fourth-order valence-electron chi connectivity index (χ4n) is 1.11. The zero-order valence-corrected chi connectivity index (χ0v) is 11.5. The minimum Gasteiger partial charge on any atom is -0.501 e. The number of aliphatic hydroxyl groups excluding tert-OH is 1. The number of allylic oxidation sites excluding steroid dienone is 3. The van der Waals surface area contributed by atoms with Crippen molar-refractivity contribution in [3.8, 4) is 0 Å². The third-order valence-electron chi connectivity index (χ3n) is 2.01. The third kappa shape index (κ3) is 4.28. The van der Waals surface area contributed by atoms with Crippen LogP contribution in [0.5, 0.6) is 0 Å². The van der Waals surface area contributed by atoms with Gasteiger partial charge in [-0.3, -0.25) is 4.79 Å². The second kappa shape index (κ2) is 6.61. The van der Waals surface area contributed by atoms with Crippen molar-refractivity contribution in [3.05, 3.63) is 56.8 Å². The van der Waals surface area contributed by atoms with E-state index < -0.39 is 22.5 Å². The Balaban J connectivity index is 2.97. The number of benzene rings is 1. The molecule has 0 atom stereocenters. The highest BCUT2D eigenvalue weighted by Crippen LogP contribution is 2.22. The molecule has 0 aliphatic heterocycles. The molecular formula is C12H7Cl3O4. The standard InChI is InChI=1S/C12H7Cl3O4/c13-6-1-2-7(9(15)5-6)10(16)4-3-8(14)11(17)12(18)19/h1-5,17H,(H,18,19). The molecule has 0 aromatic heterocycles. The van der Waals surface area contributed by atoms with Crippen molar-refractivity contribution in [1.29, 1.82) is 0 Å². The molecule has 4 nitrogen and oxygen atoms in total. The maximum Gasteiger partial charge on any atom is 0.372 e. The van der Waals surface area contributed by atoms with Crippen LogP contribution < -0.4 is 0 Å². The molecule has 0 aliphatic carbocycles. The molecule has 0 spiro atoms. The minimum absolute atomic E-state index is 0.157. The van der Waals surface area contributed by atoms with E-state index in [1.165, 1.54) is 18.2 Å². The topological polar surface area (TPSA) is 74.6 Å². The molecule has 0 bridgehead atoms. The number of rotatable bonds is 4. The molecule has 7 heteroatoms. The molecule has 0 heterocycles.